The molecule has 2 heterocycles. The number of aromatic nitrogens is 1. The van der Waals surface area contributed by atoms with E-state index in [0.29, 0.717) is 22.9 Å². The first-order valence-corrected chi connectivity index (χ1v) is 12.0. The van der Waals surface area contributed by atoms with E-state index in [-0.39, 0.29) is 30.4 Å². The van der Waals surface area contributed by atoms with Crippen LogP contribution < -0.4 is 14.8 Å². The lowest BCUT2D eigenvalue weighted by molar-refractivity contribution is -0.121. The van der Waals surface area contributed by atoms with Gasteiger partial charge in [0.05, 0.1) is 19.1 Å². The number of H-pyrrole nitrogens is 1. The van der Waals surface area contributed by atoms with Gasteiger partial charge in [0, 0.05) is 52.8 Å². The zero-order valence-electron chi connectivity index (χ0n) is 19.5. The molecule has 1 amide bonds. The van der Waals surface area contributed by atoms with E-state index < -0.39 is 0 Å². The Morgan fingerprint density at radius 3 is 2.53 bits per heavy atom. The number of rotatable bonds is 10. The number of fused-ring (bicyclic) bond motifs is 1. The van der Waals surface area contributed by atoms with Crippen LogP contribution >= 0.6 is 11.3 Å². The van der Waals surface area contributed by atoms with Crippen molar-refractivity contribution in [2.45, 2.75) is 25.7 Å². The quantitative estimate of drug-likeness (QED) is 0.298. The molecule has 7 heteroatoms. The van der Waals surface area contributed by atoms with Crippen molar-refractivity contribution in [3.8, 4) is 11.5 Å². The minimum Gasteiger partial charge on any atom is -0.493 e. The first-order chi connectivity index (χ1) is 16.5. The van der Waals surface area contributed by atoms with Gasteiger partial charge in [0.15, 0.2) is 17.3 Å². The first kappa shape index (κ1) is 23.6. The maximum atomic E-state index is 12.7. The summed E-state index contributed by atoms with van der Waals surface area (Å²) in [6.45, 7) is 2.32. The number of carbonyl (C=O) groups is 2. The second kappa shape index (κ2) is 10.6. The van der Waals surface area contributed by atoms with Crippen molar-refractivity contribution < 1.29 is 19.1 Å². The molecule has 0 bridgehead atoms. The topological polar surface area (TPSA) is 80.4 Å². The van der Waals surface area contributed by atoms with Crippen molar-refractivity contribution in [1.29, 1.82) is 0 Å². The third-order valence-corrected chi connectivity index (χ3v) is 6.94. The number of nitrogens with one attached hydrogen (secondary N) is 2. The molecular weight excluding hydrogens is 448 g/mol. The fourth-order valence-corrected chi connectivity index (χ4v) is 5.03. The Morgan fingerprint density at radius 1 is 0.971 bits per heavy atom. The van der Waals surface area contributed by atoms with E-state index in [0.717, 1.165) is 26.9 Å². The van der Waals surface area contributed by atoms with Crippen LogP contribution in [-0.2, 0) is 4.79 Å². The Morgan fingerprint density at radius 2 is 1.79 bits per heavy atom. The number of benzene rings is 2. The van der Waals surface area contributed by atoms with Gasteiger partial charge in [0.25, 0.3) is 0 Å². The SMILES string of the molecule is COc1cccc(C(CNC(=O)CCC(=O)c2ccc(C)s2)c2c[nH]c3ccccc23)c1OC. The number of hydrogen-bond acceptors (Lipinski definition) is 5. The summed E-state index contributed by atoms with van der Waals surface area (Å²) < 4.78 is 11.2. The number of aromatic amines is 1. The Balaban J connectivity index is 1.56. The Bertz CT molecular complexity index is 1310. The predicted molar refractivity (Wildman–Crippen MR) is 135 cm³/mol. The van der Waals surface area contributed by atoms with Crippen LogP contribution in [-0.4, -0.2) is 37.4 Å². The summed E-state index contributed by atoms with van der Waals surface area (Å²) in [5.74, 6) is 0.927. The van der Waals surface area contributed by atoms with E-state index in [1.54, 1.807) is 14.2 Å². The lowest BCUT2D eigenvalue weighted by Gasteiger charge is -2.22. The Kier molecular flexibility index (Phi) is 7.33. The predicted octanol–water partition coefficient (Wildman–Crippen LogP) is 5.47. The molecule has 0 saturated carbocycles. The standard InChI is InChI=1S/C27H28N2O4S/c1-17-11-13-25(34-17)23(30)12-14-26(31)29-16-21(19-8-6-10-24(32-2)27(19)33-3)20-15-28-22-9-5-4-7-18(20)22/h4-11,13,15,21,28H,12,14,16H2,1-3H3,(H,29,31). The van der Waals surface area contributed by atoms with Crippen molar-refractivity contribution in [3.05, 3.63) is 81.7 Å². The molecule has 1 atom stereocenters. The largest absolute Gasteiger partial charge is 0.493 e. The van der Waals surface area contributed by atoms with E-state index in [4.69, 9.17) is 9.47 Å². The number of para-hydroxylation sites is 2. The third-order valence-electron chi connectivity index (χ3n) is 5.90. The van der Waals surface area contributed by atoms with Crippen LogP contribution in [0.5, 0.6) is 11.5 Å². The lowest BCUT2D eigenvalue weighted by atomic mass is 9.89. The van der Waals surface area contributed by atoms with E-state index in [2.05, 4.69) is 16.4 Å². The molecule has 1 unspecified atom stereocenters. The summed E-state index contributed by atoms with van der Waals surface area (Å²) in [7, 11) is 3.22. The Hall–Kier alpha value is -3.58. The average Bonchev–Trinajstić information content (AvgIpc) is 3.49. The lowest BCUT2D eigenvalue weighted by Crippen LogP contribution is -2.29. The van der Waals surface area contributed by atoms with Crippen LogP contribution in [0.4, 0.5) is 0 Å². The maximum absolute atomic E-state index is 12.7. The second-order valence-electron chi connectivity index (χ2n) is 8.06. The zero-order chi connectivity index (χ0) is 24.1. The molecular formula is C27H28N2O4S. The molecule has 0 aliphatic carbocycles. The number of ether oxygens (including phenoxy) is 2. The van der Waals surface area contributed by atoms with Gasteiger partial charge in [-0.2, -0.15) is 0 Å². The summed E-state index contributed by atoms with van der Waals surface area (Å²) in [6.07, 6.45) is 2.31. The molecule has 0 aliphatic heterocycles. The summed E-state index contributed by atoms with van der Waals surface area (Å²) in [6, 6.07) is 17.6. The highest BCUT2D eigenvalue weighted by Crippen LogP contribution is 2.40. The summed E-state index contributed by atoms with van der Waals surface area (Å²) in [4.78, 5) is 30.2. The van der Waals surface area contributed by atoms with Gasteiger partial charge in [-0.25, -0.2) is 0 Å². The minimum atomic E-state index is -0.180. The Labute approximate surface area is 202 Å². The highest BCUT2D eigenvalue weighted by Gasteiger charge is 2.24. The molecule has 0 fully saturated rings. The highest BCUT2D eigenvalue weighted by molar-refractivity contribution is 7.14. The number of hydrogen-bond donors (Lipinski definition) is 2. The van der Waals surface area contributed by atoms with Gasteiger partial charge in [-0.3, -0.25) is 9.59 Å². The fraction of sp³-hybridized carbons (Fsp3) is 0.259. The van der Waals surface area contributed by atoms with Gasteiger partial charge in [0.2, 0.25) is 5.91 Å². The van der Waals surface area contributed by atoms with E-state index in [9.17, 15) is 9.59 Å². The molecule has 6 nitrogen and oxygen atoms in total. The number of Topliss-reactive ketones (excluding diaryl/α,β-unsaturated/α-hetero) is 1. The van der Waals surface area contributed by atoms with Crippen LogP contribution in [0.1, 0.15) is 44.4 Å². The number of carbonyl (C=O) groups excluding carboxylic acids is 2. The second-order valence-corrected chi connectivity index (χ2v) is 9.35. The zero-order valence-corrected chi connectivity index (χ0v) is 20.3. The number of amides is 1. The molecule has 34 heavy (non-hydrogen) atoms. The maximum Gasteiger partial charge on any atom is 0.220 e. The monoisotopic (exact) mass is 476 g/mol. The normalized spacial score (nSPS) is 11.9. The van der Waals surface area contributed by atoms with Gasteiger partial charge < -0.3 is 19.8 Å². The molecule has 0 spiro atoms. The van der Waals surface area contributed by atoms with Crippen LogP contribution in [0.2, 0.25) is 0 Å². The molecule has 2 aromatic heterocycles. The summed E-state index contributed by atoms with van der Waals surface area (Å²) in [5, 5.41) is 4.12. The first-order valence-electron chi connectivity index (χ1n) is 11.1. The van der Waals surface area contributed by atoms with Crippen molar-refractivity contribution in [3.63, 3.8) is 0 Å². The van der Waals surface area contributed by atoms with Crippen LogP contribution in [0, 0.1) is 6.92 Å². The smallest absolute Gasteiger partial charge is 0.220 e. The fourth-order valence-electron chi connectivity index (χ4n) is 4.20. The van der Waals surface area contributed by atoms with Crippen LogP contribution in [0.3, 0.4) is 0 Å². The van der Waals surface area contributed by atoms with Crippen LogP contribution in [0.25, 0.3) is 10.9 Å². The number of methoxy groups -OCH3 is 2. The van der Waals surface area contributed by atoms with Gasteiger partial charge in [0.1, 0.15) is 0 Å². The summed E-state index contributed by atoms with van der Waals surface area (Å²) in [5.41, 5.74) is 2.98. The molecule has 2 N–H and O–H groups in total. The van der Waals surface area contributed by atoms with Crippen LogP contribution in [0.15, 0.2) is 60.8 Å². The third kappa shape index (κ3) is 4.99. The molecule has 0 saturated heterocycles. The van der Waals surface area contributed by atoms with E-state index >= 15 is 0 Å². The van der Waals surface area contributed by atoms with Crippen molar-refractivity contribution in [2.24, 2.45) is 0 Å². The summed E-state index contributed by atoms with van der Waals surface area (Å²) >= 11 is 1.46. The number of ketones is 1. The minimum absolute atomic E-state index is 0.00380. The molecule has 176 valence electrons. The van der Waals surface area contributed by atoms with E-state index in [1.807, 2.05) is 61.7 Å². The average molecular weight is 477 g/mol. The number of aryl methyl sites for hydroxylation is 1. The number of thiophene rings is 1. The van der Waals surface area contributed by atoms with Crippen molar-refractivity contribution in [2.75, 3.05) is 20.8 Å². The molecule has 0 aliphatic rings. The van der Waals surface area contributed by atoms with Gasteiger partial charge in [-0.15, -0.1) is 11.3 Å². The van der Waals surface area contributed by atoms with Gasteiger partial charge in [-0.1, -0.05) is 30.3 Å². The molecule has 4 aromatic rings. The molecule has 4 rings (SSSR count). The van der Waals surface area contributed by atoms with Crippen molar-refractivity contribution in [1.82, 2.24) is 10.3 Å². The van der Waals surface area contributed by atoms with Gasteiger partial charge in [-0.05, 0) is 36.8 Å². The van der Waals surface area contributed by atoms with Gasteiger partial charge >= 0.3 is 0 Å². The molecule has 2 aromatic carbocycles. The van der Waals surface area contributed by atoms with E-state index in [1.165, 1.54) is 11.3 Å². The molecule has 0 radical (unpaired) electrons. The van der Waals surface area contributed by atoms with Crippen molar-refractivity contribution >= 4 is 33.9 Å². The highest BCUT2D eigenvalue weighted by atomic mass is 32.1.